The van der Waals surface area contributed by atoms with Crippen LogP contribution in [0.1, 0.15) is 36.8 Å². The molecule has 0 bridgehead atoms. The second-order valence-corrected chi connectivity index (χ2v) is 9.47. The molecule has 192 valence electrons. The van der Waals surface area contributed by atoms with Crippen LogP contribution >= 0.6 is 0 Å². The van der Waals surface area contributed by atoms with Crippen LogP contribution in [0.25, 0.3) is 0 Å². The third-order valence-corrected chi connectivity index (χ3v) is 7.01. The van der Waals surface area contributed by atoms with E-state index in [1.165, 1.54) is 0 Å². The molecule has 0 aliphatic carbocycles. The normalized spacial score (nSPS) is 17.6. The molecule has 0 atom stereocenters. The van der Waals surface area contributed by atoms with Crippen molar-refractivity contribution in [2.75, 3.05) is 56.0 Å². The number of nitrogens with one attached hydrogen (secondary N) is 1. The van der Waals surface area contributed by atoms with Gasteiger partial charge in [0.2, 0.25) is 5.91 Å². The number of anilines is 2. The van der Waals surface area contributed by atoms with Crippen LogP contribution in [0.5, 0.6) is 0 Å². The smallest absolute Gasteiger partial charge is 0.382 e. The van der Waals surface area contributed by atoms with Crippen molar-refractivity contribution in [1.82, 2.24) is 9.80 Å². The fourth-order valence-corrected chi connectivity index (χ4v) is 4.89. The molecule has 2 heterocycles. The number of halogens is 3. The van der Waals surface area contributed by atoms with Gasteiger partial charge in [-0.3, -0.25) is 9.69 Å². The number of piperazine rings is 1. The molecule has 2 aliphatic rings. The fraction of sp³-hybridized carbons (Fsp3) is 0.481. The number of alkyl halides is 3. The molecule has 6 nitrogen and oxygen atoms in total. The summed E-state index contributed by atoms with van der Waals surface area (Å²) in [6.45, 7) is 5.51. The monoisotopic (exact) mass is 499 g/mol. The summed E-state index contributed by atoms with van der Waals surface area (Å²) in [7, 11) is 0. The van der Waals surface area contributed by atoms with E-state index in [0.29, 0.717) is 18.0 Å². The number of rotatable bonds is 7. The molecule has 1 amide bonds. The van der Waals surface area contributed by atoms with E-state index in [1.54, 1.807) is 18.2 Å². The van der Waals surface area contributed by atoms with Crippen LogP contribution < -0.4 is 10.2 Å². The highest BCUT2D eigenvalue weighted by molar-refractivity contribution is 5.76. The summed E-state index contributed by atoms with van der Waals surface area (Å²) in [4.78, 5) is 19.1. The van der Waals surface area contributed by atoms with Crippen molar-refractivity contribution in [3.8, 4) is 6.07 Å². The van der Waals surface area contributed by atoms with Gasteiger partial charge in [-0.05, 0) is 68.3 Å². The van der Waals surface area contributed by atoms with E-state index in [1.807, 2.05) is 23.1 Å². The summed E-state index contributed by atoms with van der Waals surface area (Å²) in [6, 6.07) is 15.3. The zero-order chi connectivity index (χ0) is 25.5. The number of nitriles is 1. The number of benzene rings is 2. The molecule has 1 N–H and O–H groups in total. The number of piperidine rings is 1. The highest BCUT2D eigenvalue weighted by Gasteiger charge is 2.30. The zero-order valence-electron chi connectivity index (χ0n) is 20.3. The highest BCUT2D eigenvalue weighted by atomic mass is 19.4. The molecule has 0 radical (unpaired) electrons. The number of carbonyl (C=O) groups is 1. The summed E-state index contributed by atoms with van der Waals surface area (Å²) in [6.07, 6.45) is -1.21. The van der Waals surface area contributed by atoms with Crippen molar-refractivity contribution in [3.63, 3.8) is 0 Å². The molecule has 2 fully saturated rings. The maximum Gasteiger partial charge on any atom is 0.416 e. The summed E-state index contributed by atoms with van der Waals surface area (Å²) in [5.41, 5.74) is 1.76. The van der Waals surface area contributed by atoms with E-state index in [0.717, 1.165) is 88.6 Å². The average molecular weight is 500 g/mol. The van der Waals surface area contributed by atoms with Crippen molar-refractivity contribution < 1.29 is 18.0 Å². The topological polar surface area (TPSA) is 62.6 Å². The molecule has 4 rings (SSSR count). The fourth-order valence-electron chi connectivity index (χ4n) is 4.89. The molecular formula is C27H32F3N5O. The molecular weight excluding hydrogens is 467 g/mol. The Kier molecular flexibility index (Phi) is 8.36. The molecule has 2 aliphatic heterocycles. The van der Waals surface area contributed by atoms with Crippen molar-refractivity contribution in [3.05, 3.63) is 59.7 Å². The molecule has 36 heavy (non-hydrogen) atoms. The standard InChI is InChI=1S/C27H32F3N5O/c28-27(29,30)22-6-8-25(9-7-22)34-17-15-33(16-18-34)12-2-5-26(36)35-13-10-23(11-14-35)32-24-4-1-3-21(19-24)20-31/h1,3-4,6-9,19,23,32H,2,5,10-18H2. The summed E-state index contributed by atoms with van der Waals surface area (Å²) in [5.74, 6) is 0.198. The Morgan fingerprint density at radius 1 is 1.00 bits per heavy atom. The predicted octanol–water partition coefficient (Wildman–Crippen LogP) is 4.58. The minimum Gasteiger partial charge on any atom is -0.382 e. The first kappa shape index (κ1) is 25.8. The van der Waals surface area contributed by atoms with Crippen LogP contribution in [0.2, 0.25) is 0 Å². The number of amides is 1. The summed E-state index contributed by atoms with van der Waals surface area (Å²) < 4.78 is 38.3. The zero-order valence-corrected chi connectivity index (χ0v) is 20.3. The lowest BCUT2D eigenvalue weighted by atomic mass is 10.0. The van der Waals surface area contributed by atoms with E-state index >= 15 is 0 Å². The van der Waals surface area contributed by atoms with Crippen molar-refractivity contribution in [1.29, 1.82) is 5.26 Å². The molecule has 2 aromatic rings. The lowest BCUT2D eigenvalue weighted by molar-refractivity contribution is -0.137. The number of nitrogens with zero attached hydrogens (tertiary/aromatic N) is 4. The largest absolute Gasteiger partial charge is 0.416 e. The Labute approximate surface area is 210 Å². The first-order chi connectivity index (χ1) is 17.3. The number of hydrogen-bond donors (Lipinski definition) is 1. The quantitative estimate of drug-likeness (QED) is 0.604. The predicted molar refractivity (Wildman–Crippen MR) is 134 cm³/mol. The van der Waals surface area contributed by atoms with Crippen LogP contribution in [-0.4, -0.2) is 67.6 Å². The van der Waals surface area contributed by atoms with Gasteiger partial charge in [0, 0.05) is 63.1 Å². The molecule has 2 aromatic carbocycles. The third kappa shape index (κ3) is 6.91. The van der Waals surface area contributed by atoms with Crippen LogP contribution in [-0.2, 0) is 11.0 Å². The van der Waals surface area contributed by atoms with Gasteiger partial charge in [0.05, 0.1) is 17.2 Å². The van der Waals surface area contributed by atoms with Crippen LogP contribution in [0.3, 0.4) is 0 Å². The van der Waals surface area contributed by atoms with Crippen molar-refractivity contribution >= 4 is 17.3 Å². The molecule has 0 spiro atoms. The Morgan fingerprint density at radius 2 is 1.69 bits per heavy atom. The van der Waals surface area contributed by atoms with Crippen molar-refractivity contribution in [2.45, 2.75) is 37.9 Å². The maximum atomic E-state index is 12.8. The molecule has 9 heteroatoms. The average Bonchev–Trinajstić information content (AvgIpc) is 2.89. The Hall–Kier alpha value is -3.25. The molecule has 0 aromatic heterocycles. The number of carbonyl (C=O) groups excluding carboxylic acids is 1. The van der Waals surface area contributed by atoms with E-state index < -0.39 is 11.7 Å². The first-order valence-corrected chi connectivity index (χ1v) is 12.5. The van der Waals surface area contributed by atoms with Gasteiger partial charge in [-0.25, -0.2) is 0 Å². The molecule has 0 saturated carbocycles. The van der Waals surface area contributed by atoms with E-state index in [-0.39, 0.29) is 5.91 Å². The third-order valence-electron chi connectivity index (χ3n) is 7.01. The van der Waals surface area contributed by atoms with Crippen LogP contribution in [0.4, 0.5) is 24.5 Å². The van der Waals surface area contributed by atoms with Gasteiger partial charge in [-0.1, -0.05) is 6.07 Å². The van der Waals surface area contributed by atoms with Gasteiger partial charge in [-0.2, -0.15) is 18.4 Å². The van der Waals surface area contributed by atoms with E-state index in [4.69, 9.17) is 5.26 Å². The molecule has 0 unspecified atom stereocenters. The van der Waals surface area contributed by atoms with E-state index in [2.05, 4.69) is 21.2 Å². The van der Waals surface area contributed by atoms with Gasteiger partial charge < -0.3 is 15.1 Å². The summed E-state index contributed by atoms with van der Waals surface area (Å²) in [5, 5.41) is 12.5. The summed E-state index contributed by atoms with van der Waals surface area (Å²) >= 11 is 0. The lowest BCUT2D eigenvalue weighted by Crippen LogP contribution is -2.47. The first-order valence-electron chi connectivity index (χ1n) is 12.5. The second kappa shape index (κ2) is 11.7. The minimum atomic E-state index is -4.31. The number of likely N-dealkylation sites (tertiary alicyclic amines) is 1. The van der Waals surface area contributed by atoms with Gasteiger partial charge in [0.25, 0.3) is 0 Å². The number of hydrogen-bond acceptors (Lipinski definition) is 5. The Bertz CT molecular complexity index is 1050. The molecule has 2 saturated heterocycles. The van der Waals surface area contributed by atoms with Crippen LogP contribution in [0, 0.1) is 11.3 Å². The van der Waals surface area contributed by atoms with Gasteiger partial charge in [0.1, 0.15) is 0 Å². The van der Waals surface area contributed by atoms with Gasteiger partial charge in [-0.15, -0.1) is 0 Å². The van der Waals surface area contributed by atoms with Gasteiger partial charge in [0.15, 0.2) is 0 Å². The highest BCUT2D eigenvalue weighted by Crippen LogP contribution is 2.30. The van der Waals surface area contributed by atoms with Gasteiger partial charge >= 0.3 is 6.18 Å². The minimum absolute atomic E-state index is 0.198. The van der Waals surface area contributed by atoms with E-state index in [9.17, 15) is 18.0 Å². The van der Waals surface area contributed by atoms with Crippen molar-refractivity contribution in [2.24, 2.45) is 0 Å². The lowest BCUT2D eigenvalue weighted by Gasteiger charge is -2.36. The Balaban J connectivity index is 1.12. The van der Waals surface area contributed by atoms with Crippen LogP contribution in [0.15, 0.2) is 48.5 Å². The maximum absolute atomic E-state index is 12.8. The second-order valence-electron chi connectivity index (χ2n) is 9.47. The Morgan fingerprint density at radius 3 is 2.33 bits per heavy atom. The SMILES string of the molecule is N#Cc1cccc(NC2CCN(C(=O)CCCN3CCN(c4ccc(C(F)(F)F)cc4)CC3)CC2)c1.